The minimum atomic E-state index is -2.97. The Morgan fingerprint density at radius 3 is 2.92 bits per heavy atom. The number of quaternary nitrogens is 1. The average molecular weight is 371 g/mol. The van der Waals surface area contributed by atoms with Crippen molar-refractivity contribution < 1.29 is 39.4 Å². The van der Waals surface area contributed by atoms with Gasteiger partial charge in [0.15, 0.2) is 17.7 Å². The van der Waals surface area contributed by atoms with Gasteiger partial charge in [-0.05, 0) is 19.4 Å². The van der Waals surface area contributed by atoms with Gasteiger partial charge in [-0.3, -0.25) is 0 Å². The van der Waals surface area contributed by atoms with E-state index < -0.39 is 65.5 Å². The summed E-state index contributed by atoms with van der Waals surface area (Å²) in [4.78, 5) is 25.4. The van der Waals surface area contributed by atoms with Crippen LogP contribution in [-0.2, 0) is 19.1 Å². The molecule has 0 saturated carbocycles. The third kappa shape index (κ3) is 2.96. The highest BCUT2D eigenvalue weighted by atomic mass is 16.6. The van der Waals surface area contributed by atoms with Crippen molar-refractivity contribution in [2.24, 2.45) is 5.92 Å². The van der Waals surface area contributed by atoms with E-state index in [1.165, 1.54) is 13.0 Å². The molecule has 3 aliphatic rings. The van der Waals surface area contributed by atoms with E-state index in [1.807, 2.05) is 0 Å². The van der Waals surface area contributed by atoms with E-state index in [0.717, 1.165) is 6.08 Å². The lowest BCUT2D eigenvalue weighted by Gasteiger charge is -2.41. The summed E-state index contributed by atoms with van der Waals surface area (Å²) in [6.45, 7) is -3.93. The lowest BCUT2D eigenvalue weighted by atomic mass is 9.84. The zero-order valence-electron chi connectivity index (χ0n) is 18.6. The summed E-state index contributed by atoms with van der Waals surface area (Å²) >= 11 is 0. The van der Waals surface area contributed by atoms with Gasteiger partial charge in [-0.1, -0.05) is 13.0 Å². The van der Waals surface area contributed by atoms with Crippen LogP contribution in [0.1, 0.15) is 32.2 Å². The van der Waals surface area contributed by atoms with Crippen LogP contribution in [0.5, 0.6) is 0 Å². The molecule has 0 aromatic rings. The quantitative estimate of drug-likeness (QED) is 0.222. The molecule has 0 radical (unpaired) electrons. The fraction of sp³-hybridized carbons (Fsp3) is 0.667. The lowest BCUT2D eigenvalue weighted by molar-refractivity contribution is -0.877. The Hall–Kier alpha value is -1.74. The van der Waals surface area contributed by atoms with Crippen molar-refractivity contribution in [2.45, 2.75) is 44.4 Å². The standard InChI is InChI=1S/C18H25NO7/c1-3-12-8-11(2)18(23,10-20)17(22)25-9-13-4-6-19(24)7-5-14(15(13)19)26-16(12)21/h3-4,11,14-15,20,23H,5-10H2,1-2H3/b12-3-/t11-,14-,15-,18-,19?/m1/s1/i6D2,9D2. The Bertz CT molecular complexity index is 829. The third-order valence-electron chi connectivity index (χ3n) is 5.37. The first-order valence-electron chi connectivity index (χ1n) is 10.5. The molecule has 0 aromatic carbocycles. The molecule has 0 aromatic heterocycles. The second kappa shape index (κ2) is 6.77. The molecule has 3 rings (SSSR count). The second-order valence-corrected chi connectivity index (χ2v) is 6.92. The smallest absolute Gasteiger partial charge is 0.341 e. The monoisotopic (exact) mass is 371 g/mol. The summed E-state index contributed by atoms with van der Waals surface area (Å²) < 4.78 is 41.5. The van der Waals surface area contributed by atoms with E-state index in [2.05, 4.69) is 0 Å². The predicted octanol–water partition coefficient (Wildman–Crippen LogP) is 0.178. The van der Waals surface area contributed by atoms with Gasteiger partial charge in [0.25, 0.3) is 0 Å². The zero-order chi connectivity index (χ0) is 22.7. The summed E-state index contributed by atoms with van der Waals surface area (Å²) in [5.41, 5.74) is -2.91. The number of hydrogen-bond donors (Lipinski definition) is 2. The van der Waals surface area contributed by atoms with E-state index >= 15 is 0 Å². The first-order valence-corrected chi connectivity index (χ1v) is 8.48. The van der Waals surface area contributed by atoms with Crippen molar-refractivity contribution in [1.82, 2.24) is 0 Å². The van der Waals surface area contributed by atoms with Crippen LogP contribution < -0.4 is 0 Å². The molecule has 144 valence electrons. The molecule has 8 nitrogen and oxygen atoms in total. The number of hydroxylamine groups is 3. The zero-order valence-corrected chi connectivity index (χ0v) is 14.6. The average Bonchev–Trinajstić information content (AvgIpc) is 3.09. The molecule has 26 heavy (non-hydrogen) atoms. The van der Waals surface area contributed by atoms with Gasteiger partial charge in [-0.2, -0.15) is 0 Å². The van der Waals surface area contributed by atoms with Crippen LogP contribution in [-0.4, -0.2) is 70.8 Å². The molecular formula is C18H25NO7. The molecule has 3 heterocycles. The fourth-order valence-electron chi connectivity index (χ4n) is 3.58. The Balaban J connectivity index is 2.14. The molecule has 0 amide bonds. The minimum absolute atomic E-state index is 0.00785. The second-order valence-electron chi connectivity index (χ2n) is 6.92. The highest BCUT2D eigenvalue weighted by molar-refractivity contribution is 5.89. The van der Waals surface area contributed by atoms with E-state index in [0.29, 0.717) is 0 Å². The molecule has 0 bridgehead atoms. The largest absolute Gasteiger partial charge is 0.632 e. The molecule has 3 aliphatic heterocycles. The summed E-state index contributed by atoms with van der Waals surface area (Å²) in [6.07, 6.45) is 0.902. The minimum Gasteiger partial charge on any atom is -0.632 e. The van der Waals surface area contributed by atoms with Crippen LogP contribution in [0, 0.1) is 11.1 Å². The number of carbonyl (C=O) groups is 2. The Labute approximate surface area is 157 Å². The topological polar surface area (TPSA) is 116 Å². The van der Waals surface area contributed by atoms with Gasteiger partial charge in [-0.25, -0.2) is 9.59 Å². The Kier molecular flexibility index (Phi) is 3.73. The van der Waals surface area contributed by atoms with Crippen molar-refractivity contribution in [3.05, 3.63) is 28.5 Å². The van der Waals surface area contributed by atoms with Crippen LogP contribution in [0.4, 0.5) is 0 Å². The Morgan fingerprint density at radius 2 is 2.27 bits per heavy atom. The normalized spacial score (nSPS) is 48.6. The van der Waals surface area contributed by atoms with Crippen molar-refractivity contribution in [2.75, 3.05) is 26.2 Å². The van der Waals surface area contributed by atoms with E-state index in [4.69, 9.17) is 15.0 Å². The van der Waals surface area contributed by atoms with E-state index in [9.17, 15) is 25.0 Å². The van der Waals surface area contributed by atoms with Gasteiger partial charge < -0.3 is 29.5 Å². The molecule has 8 heteroatoms. The van der Waals surface area contributed by atoms with Crippen molar-refractivity contribution in [1.29, 1.82) is 0 Å². The maximum atomic E-state index is 13.3. The number of rotatable bonds is 1. The molecule has 2 saturated heterocycles. The van der Waals surface area contributed by atoms with E-state index in [1.54, 1.807) is 6.92 Å². The van der Waals surface area contributed by atoms with Crippen LogP contribution in [0.3, 0.4) is 0 Å². The molecule has 0 aliphatic carbocycles. The molecule has 0 spiro atoms. The van der Waals surface area contributed by atoms with Crippen molar-refractivity contribution >= 4 is 11.9 Å². The number of hydrogen-bond acceptors (Lipinski definition) is 7. The van der Waals surface area contributed by atoms with Crippen molar-refractivity contribution in [3.63, 3.8) is 0 Å². The third-order valence-corrected chi connectivity index (χ3v) is 5.37. The maximum absolute atomic E-state index is 13.3. The highest BCUT2D eigenvalue weighted by Gasteiger charge is 2.51. The van der Waals surface area contributed by atoms with Gasteiger partial charge in [-0.15, -0.1) is 0 Å². The van der Waals surface area contributed by atoms with Crippen molar-refractivity contribution in [3.8, 4) is 0 Å². The number of carbonyl (C=O) groups excluding carboxylic acids is 2. The molecule has 2 fully saturated rings. The number of aliphatic hydroxyl groups is 2. The molecule has 2 N–H and O–H groups in total. The number of esters is 2. The lowest BCUT2D eigenvalue weighted by Crippen LogP contribution is -2.51. The fourth-order valence-corrected chi connectivity index (χ4v) is 3.58. The van der Waals surface area contributed by atoms with Crippen LogP contribution in [0.15, 0.2) is 23.3 Å². The van der Waals surface area contributed by atoms with Crippen LogP contribution in [0.2, 0.25) is 0 Å². The Morgan fingerprint density at radius 1 is 1.54 bits per heavy atom. The predicted molar refractivity (Wildman–Crippen MR) is 90.3 cm³/mol. The van der Waals surface area contributed by atoms with Gasteiger partial charge in [0, 0.05) is 23.5 Å². The summed E-state index contributed by atoms with van der Waals surface area (Å²) in [5.74, 6) is -3.33. The first-order chi connectivity index (χ1) is 13.7. The first kappa shape index (κ1) is 14.3. The summed E-state index contributed by atoms with van der Waals surface area (Å²) in [7, 11) is 0. The number of aliphatic hydroxyl groups excluding tert-OH is 1. The summed E-state index contributed by atoms with van der Waals surface area (Å²) in [6, 6.07) is -1.45. The van der Waals surface area contributed by atoms with E-state index in [-0.39, 0.29) is 25.0 Å². The van der Waals surface area contributed by atoms with Gasteiger partial charge in [0.2, 0.25) is 0 Å². The maximum Gasteiger partial charge on any atom is 0.341 e. The van der Waals surface area contributed by atoms with Crippen LogP contribution >= 0.6 is 0 Å². The van der Waals surface area contributed by atoms with Gasteiger partial charge in [0.1, 0.15) is 6.56 Å². The molecule has 1 unspecified atom stereocenters. The van der Waals surface area contributed by atoms with Gasteiger partial charge in [0.05, 0.1) is 25.1 Å². The number of ether oxygens (including phenoxy) is 2. The number of cyclic esters (lactones) is 1. The highest BCUT2D eigenvalue weighted by Crippen LogP contribution is 2.39. The molecular weight excluding hydrogens is 342 g/mol. The number of nitrogens with zero attached hydrogens (tertiary/aromatic N) is 1. The molecule has 5 atom stereocenters. The number of allylic oxidation sites excluding steroid dienone is 1. The van der Waals surface area contributed by atoms with Gasteiger partial charge >= 0.3 is 11.9 Å². The summed E-state index contributed by atoms with van der Waals surface area (Å²) in [5, 5.41) is 33.7. The van der Waals surface area contributed by atoms with Crippen LogP contribution in [0.25, 0.3) is 0 Å². The SMILES string of the molecule is [2H]C1([2H])OC(=O)[C@@](O)(CO)[C@H](C)C/C(=C/C)C(=O)O[C@@H]2CC[N+]3([O-])[C@@H]2C1=CC3([2H])[2H].